The van der Waals surface area contributed by atoms with Crippen molar-refractivity contribution in [2.45, 2.75) is 73.6 Å². The Balaban J connectivity index is 2.64. The number of hydrogen-bond acceptors (Lipinski definition) is 4. The highest BCUT2D eigenvalue weighted by Crippen LogP contribution is 2.32. The van der Waals surface area contributed by atoms with E-state index in [1.807, 2.05) is 6.08 Å². The first-order valence-corrected chi connectivity index (χ1v) is 9.62. The van der Waals surface area contributed by atoms with Gasteiger partial charge in [-0.15, -0.1) is 6.42 Å². The number of ether oxygens (including phenoxy) is 2. The molecule has 0 aromatic carbocycles. The Kier molecular flexibility index (Phi) is 9.45. The Morgan fingerprint density at radius 2 is 2.22 bits per heavy atom. The Morgan fingerprint density at radius 1 is 1.52 bits per heavy atom. The minimum atomic E-state index is -0.599. The van der Waals surface area contributed by atoms with E-state index in [2.05, 4.69) is 50.8 Å². The van der Waals surface area contributed by atoms with E-state index in [4.69, 9.17) is 15.9 Å². The highest BCUT2D eigenvalue weighted by molar-refractivity contribution is 9.09. The van der Waals surface area contributed by atoms with Gasteiger partial charge < -0.3 is 14.6 Å². The van der Waals surface area contributed by atoms with Crippen LogP contribution in [0.1, 0.15) is 39.5 Å². The number of terminal acetylenes is 1. The maximum atomic E-state index is 11.3. The van der Waals surface area contributed by atoms with Crippen LogP contribution in [0.25, 0.3) is 0 Å². The highest BCUT2D eigenvalue weighted by Gasteiger charge is 2.41. The number of allylic oxidation sites excluding steroid dienone is 2. The van der Waals surface area contributed by atoms with Crippen molar-refractivity contribution >= 4 is 37.8 Å². The number of aliphatic hydroxyl groups excluding tert-OH is 1. The largest absolute Gasteiger partial charge is 0.460 e. The molecule has 6 atom stereocenters. The van der Waals surface area contributed by atoms with E-state index < -0.39 is 6.10 Å². The van der Waals surface area contributed by atoms with Gasteiger partial charge in [-0.2, -0.15) is 0 Å². The van der Waals surface area contributed by atoms with Gasteiger partial charge in [-0.25, -0.2) is 0 Å². The first kappa shape index (κ1) is 20.7. The Hall–Kier alpha value is -0.350. The Bertz CT molecular complexity index is 446. The van der Waals surface area contributed by atoms with Gasteiger partial charge in [-0.05, 0) is 12.8 Å². The molecule has 1 aliphatic rings. The molecule has 0 aliphatic carbocycles. The fourth-order valence-electron chi connectivity index (χ4n) is 2.52. The molecule has 6 heteroatoms. The molecule has 1 heterocycles. The second-order valence-corrected chi connectivity index (χ2v) is 7.76. The number of rotatable bonds is 8. The quantitative estimate of drug-likeness (QED) is 0.266. The molecular weight excluding hydrogens is 428 g/mol. The number of halogens is 2. The van der Waals surface area contributed by atoms with Gasteiger partial charge in [0.15, 0.2) is 0 Å². The molecule has 0 radical (unpaired) electrons. The Labute approximate surface area is 155 Å². The summed E-state index contributed by atoms with van der Waals surface area (Å²) in [5.74, 6) is 2.23. The van der Waals surface area contributed by atoms with E-state index in [1.54, 1.807) is 0 Å². The second kappa shape index (κ2) is 10.5. The zero-order chi connectivity index (χ0) is 17.4. The lowest BCUT2D eigenvalue weighted by atomic mass is 10.0. The van der Waals surface area contributed by atoms with Crippen LogP contribution in [0.3, 0.4) is 0 Å². The zero-order valence-electron chi connectivity index (χ0n) is 13.5. The summed E-state index contributed by atoms with van der Waals surface area (Å²) in [6.07, 6.45) is 10.6. The average Bonchev–Trinajstić information content (AvgIpc) is 2.88. The van der Waals surface area contributed by atoms with E-state index in [0.29, 0.717) is 12.8 Å². The van der Waals surface area contributed by atoms with Crippen molar-refractivity contribution in [3.8, 4) is 12.3 Å². The van der Waals surface area contributed by atoms with E-state index in [-0.39, 0.29) is 33.9 Å². The molecule has 1 N–H and O–H groups in total. The highest BCUT2D eigenvalue weighted by atomic mass is 79.9. The molecule has 0 aromatic heterocycles. The van der Waals surface area contributed by atoms with Crippen molar-refractivity contribution in [1.29, 1.82) is 0 Å². The summed E-state index contributed by atoms with van der Waals surface area (Å²) in [7, 11) is 0. The third-order valence-corrected chi connectivity index (χ3v) is 5.52. The van der Waals surface area contributed by atoms with Crippen LogP contribution >= 0.6 is 31.9 Å². The summed E-state index contributed by atoms with van der Waals surface area (Å²) >= 11 is 6.88. The third kappa shape index (κ3) is 6.96. The molecule has 23 heavy (non-hydrogen) atoms. The lowest BCUT2D eigenvalue weighted by molar-refractivity contribution is -0.149. The van der Waals surface area contributed by atoms with E-state index in [0.717, 1.165) is 12.8 Å². The van der Waals surface area contributed by atoms with Gasteiger partial charge in [0, 0.05) is 24.6 Å². The number of alkyl halides is 2. The third-order valence-electron chi connectivity index (χ3n) is 3.69. The first-order valence-electron chi connectivity index (χ1n) is 7.79. The van der Waals surface area contributed by atoms with Crippen LogP contribution in [0.15, 0.2) is 12.2 Å². The van der Waals surface area contributed by atoms with Crippen LogP contribution in [0.4, 0.5) is 0 Å². The molecule has 1 saturated heterocycles. The second-order valence-electron chi connectivity index (χ2n) is 5.60. The van der Waals surface area contributed by atoms with Gasteiger partial charge in [0.1, 0.15) is 10.9 Å². The van der Waals surface area contributed by atoms with E-state index in [1.165, 1.54) is 6.92 Å². The Morgan fingerprint density at radius 3 is 2.78 bits per heavy atom. The summed E-state index contributed by atoms with van der Waals surface area (Å²) in [4.78, 5) is 11.0. The maximum absolute atomic E-state index is 11.3. The fourth-order valence-corrected chi connectivity index (χ4v) is 3.30. The van der Waals surface area contributed by atoms with Crippen molar-refractivity contribution in [3.05, 3.63) is 12.2 Å². The molecule has 0 unspecified atom stereocenters. The van der Waals surface area contributed by atoms with Crippen molar-refractivity contribution < 1.29 is 19.4 Å². The lowest BCUT2D eigenvalue weighted by Crippen LogP contribution is -2.33. The summed E-state index contributed by atoms with van der Waals surface area (Å²) in [6.45, 7) is 3.44. The molecule has 0 amide bonds. The van der Waals surface area contributed by atoms with Crippen molar-refractivity contribution in [1.82, 2.24) is 0 Å². The monoisotopic (exact) mass is 450 g/mol. The van der Waals surface area contributed by atoms with Gasteiger partial charge in [0.2, 0.25) is 0 Å². The van der Waals surface area contributed by atoms with E-state index in [9.17, 15) is 9.90 Å². The molecule has 4 nitrogen and oxygen atoms in total. The lowest BCUT2D eigenvalue weighted by Gasteiger charge is -2.23. The van der Waals surface area contributed by atoms with Gasteiger partial charge in [0.25, 0.3) is 0 Å². The molecule has 1 rings (SSSR count). The number of carbonyl (C=O) groups is 1. The van der Waals surface area contributed by atoms with Crippen LogP contribution in [0.2, 0.25) is 0 Å². The summed E-state index contributed by atoms with van der Waals surface area (Å²) in [5.41, 5.74) is 0. The molecule has 0 saturated carbocycles. The number of hydrogen-bond donors (Lipinski definition) is 1. The van der Waals surface area contributed by atoms with Crippen LogP contribution < -0.4 is 0 Å². The predicted molar refractivity (Wildman–Crippen MR) is 97.8 cm³/mol. The predicted octanol–water partition coefficient (Wildman–Crippen LogP) is 3.34. The average molecular weight is 452 g/mol. The number of esters is 1. The van der Waals surface area contributed by atoms with Crippen LogP contribution in [-0.2, 0) is 14.3 Å². The van der Waals surface area contributed by atoms with Crippen LogP contribution in [0, 0.1) is 12.3 Å². The van der Waals surface area contributed by atoms with Crippen LogP contribution in [-0.4, -0.2) is 45.1 Å². The summed E-state index contributed by atoms with van der Waals surface area (Å²) in [6, 6.07) is 0. The van der Waals surface area contributed by atoms with E-state index >= 15 is 0 Å². The van der Waals surface area contributed by atoms with Gasteiger partial charge in [0.05, 0.1) is 18.3 Å². The summed E-state index contributed by atoms with van der Waals surface area (Å²) in [5, 5.41) is 10.4. The normalized spacial score (nSPS) is 28.3. The molecular formula is C17H24Br2O4. The van der Waals surface area contributed by atoms with Gasteiger partial charge in [-0.1, -0.05) is 56.9 Å². The minimum absolute atomic E-state index is 0.0710. The zero-order valence-corrected chi connectivity index (χ0v) is 16.6. The number of carbonyl (C=O) groups excluding carboxylic acids is 1. The maximum Gasteiger partial charge on any atom is 0.302 e. The fraction of sp³-hybridized carbons (Fsp3) is 0.706. The molecule has 0 aromatic rings. The standard InChI is InChI=1S/C17H24Br2O4/c1-4-6-7-8-13(19)14(21)9-16-17(22-11(3)20)10-15(23-16)12(18)5-2/h2,6-7,12-17,21H,4,8-10H2,1,3H3/b7-6+/t12-,13+,14-,15+,16+,17+/m0/s1. The molecule has 1 fully saturated rings. The van der Waals surface area contributed by atoms with Crippen molar-refractivity contribution in [2.75, 3.05) is 0 Å². The SMILES string of the molecule is C#C[C@H](Br)[C@H]1C[C@@H](OC(C)=O)[C@@H](C[C@H](O)[C@H](Br)C/C=C/CC)O1. The van der Waals surface area contributed by atoms with Crippen LogP contribution in [0.5, 0.6) is 0 Å². The molecule has 0 bridgehead atoms. The number of aliphatic hydroxyl groups is 1. The van der Waals surface area contributed by atoms with Crippen molar-refractivity contribution in [2.24, 2.45) is 0 Å². The smallest absolute Gasteiger partial charge is 0.302 e. The molecule has 0 spiro atoms. The topological polar surface area (TPSA) is 55.8 Å². The van der Waals surface area contributed by atoms with Gasteiger partial charge >= 0.3 is 5.97 Å². The summed E-state index contributed by atoms with van der Waals surface area (Å²) < 4.78 is 11.2. The van der Waals surface area contributed by atoms with Gasteiger partial charge in [-0.3, -0.25) is 4.79 Å². The van der Waals surface area contributed by atoms with Crippen molar-refractivity contribution in [3.63, 3.8) is 0 Å². The first-order chi connectivity index (χ1) is 10.9. The molecule has 1 aliphatic heterocycles. The molecule has 130 valence electrons. The minimum Gasteiger partial charge on any atom is -0.460 e.